The molecule has 0 atom stereocenters. The molecule has 11 aromatic rings. The monoisotopic (exact) mass is 715 g/mol. The first kappa shape index (κ1) is 31.9. The Hall–Kier alpha value is -7.63. The molecule has 0 unspecified atom stereocenters. The van der Waals surface area contributed by atoms with Gasteiger partial charge < -0.3 is 4.57 Å². The first-order valence-corrected chi connectivity index (χ1v) is 18.9. The lowest BCUT2D eigenvalue weighted by atomic mass is 10.0. The van der Waals surface area contributed by atoms with Crippen LogP contribution >= 0.6 is 0 Å². The Morgan fingerprint density at radius 1 is 0.286 bits per heavy atom. The van der Waals surface area contributed by atoms with Gasteiger partial charge in [0.15, 0.2) is 11.6 Å². The fourth-order valence-corrected chi connectivity index (χ4v) is 8.17. The highest BCUT2D eigenvalue weighted by Crippen LogP contribution is 2.42. The standard InChI is InChI=1S/C51H33N5/c1-5-15-34(16-6-1)36-25-27-38(28-26-36)50-52-49(37-19-9-3-10-20-37)53-51(54-50)56-45-24-14-13-23-41(45)42-30-31-43-44-33-39(35-17-7-2-8-18-35)29-32-46(44)55(47(43)48(42)56)40-21-11-4-12-22-40/h1-33H. The maximum absolute atomic E-state index is 5.32. The van der Waals surface area contributed by atoms with Crippen LogP contribution in [0.4, 0.5) is 0 Å². The Morgan fingerprint density at radius 3 is 1.39 bits per heavy atom. The summed E-state index contributed by atoms with van der Waals surface area (Å²) in [6, 6.07) is 70.3. The lowest BCUT2D eigenvalue weighted by Crippen LogP contribution is -2.07. The van der Waals surface area contributed by atoms with E-state index in [4.69, 9.17) is 15.0 Å². The van der Waals surface area contributed by atoms with Crippen LogP contribution in [0, 0.1) is 0 Å². The Labute approximate surface area is 323 Å². The lowest BCUT2D eigenvalue weighted by Gasteiger charge is -2.13. The van der Waals surface area contributed by atoms with E-state index >= 15 is 0 Å². The molecular formula is C51H33N5. The van der Waals surface area contributed by atoms with Gasteiger partial charge in [-0.3, -0.25) is 4.57 Å². The van der Waals surface area contributed by atoms with Gasteiger partial charge in [-0.25, -0.2) is 4.98 Å². The number of para-hydroxylation sites is 2. The third kappa shape index (κ3) is 5.21. The summed E-state index contributed by atoms with van der Waals surface area (Å²) < 4.78 is 4.65. The topological polar surface area (TPSA) is 48.5 Å². The molecule has 0 saturated heterocycles. The van der Waals surface area contributed by atoms with Gasteiger partial charge in [-0.15, -0.1) is 0 Å². The van der Waals surface area contributed by atoms with Crippen molar-refractivity contribution in [3.05, 3.63) is 200 Å². The number of hydrogen-bond acceptors (Lipinski definition) is 3. The summed E-state index contributed by atoms with van der Waals surface area (Å²) in [5.41, 5.74) is 11.9. The minimum Gasteiger partial charge on any atom is -0.307 e. The van der Waals surface area contributed by atoms with Gasteiger partial charge in [-0.2, -0.15) is 9.97 Å². The molecule has 0 fully saturated rings. The number of nitrogens with zero attached hydrogens (tertiary/aromatic N) is 5. The van der Waals surface area contributed by atoms with Crippen LogP contribution in [-0.2, 0) is 0 Å². The molecule has 262 valence electrons. The Bertz CT molecular complexity index is 3200. The molecule has 0 saturated carbocycles. The maximum atomic E-state index is 5.32. The van der Waals surface area contributed by atoms with E-state index in [0.717, 1.165) is 60.6 Å². The van der Waals surface area contributed by atoms with Crippen molar-refractivity contribution in [2.45, 2.75) is 0 Å². The molecule has 11 rings (SSSR count). The minimum atomic E-state index is 0.564. The van der Waals surface area contributed by atoms with E-state index < -0.39 is 0 Å². The number of aromatic nitrogens is 5. The van der Waals surface area contributed by atoms with Crippen LogP contribution < -0.4 is 0 Å². The number of rotatable bonds is 6. The Balaban J connectivity index is 1.23. The van der Waals surface area contributed by atoms with E-state index in [1.54, 1.807) is 0 Å². The van der Waals surface area contributed by atoms with Crippen LogP contribution in [0.15, 0.2) is 200 Å². The summed E-state index contributed by atoms with van der Waals surface area (Å²) in [5.74, 6) is 1.80. The van der Waals surface area contributed by atoms with Crippen molar-refractivity contribution in [2.24, 2.45) is 0 Å². The molecule has 8 aromatic carbocycles. The smallest absolute Gasteiger partial charge is 0.238 e. The fourth-order valence-electron chi connectivity index (χ4n) is 8.17. The van der Waals surface area contributed by atoms with Crippen LogP contribution in [-0.4, -0.2) is 24.1 Å². The average molecular weight is 716 g/mol. The van der Waals surface area contributed by atoms with Crippen LogP contribution in [0.3, 0.4) is 0 Å². The molecule has 0 radical (unpaired) electrons. The van der Waals surface area contributed by atoms with Gasteiger partial charge in [-0.05, 0) is 52.6 Å². The number of hydrogen-bond donors (Lipinski definition) is 0. The second-order valence-corrected chi connectivity index (χ2v) is 14.1. The van der Waals surface area contributed by atoms with E-state index in [9.17, 15) is 0 Å². The zero-order valence-electron chi connectivity index (χ0n) is 30.3. The van der Waals surface area contributed by atoms with Crippen LogP contribution in [0.1, 0.15) is 0 Å². The molecule has 0 bridgehead atoms. The molecule has 3 heterocycles. The van der Waals surface area contributed by atoms with Gasteiger partial charge in [0.05, 0.1) is 22.1 Å². The summed E-state index contributed by atoms with van der Waals surface area (Å²) in [5, 5.41) is 4.61. The van der Waals surface area contributed by atoms with Crippen LogP contribution in [0.5, 0.6) is 0 Å². The molecule has 5 nitrogen and oxygen atoms in total. The van der Waals surface area contributed by atoms with Crippen molar-refractivity contribution in [3.63, 3.8) is 0 Å². The first-order valence-electron chi connectivity index (χ1n) is 18.9. The van der Waals surface area contributed by atoms with E-state index in [0.29, 0.717) is 17.6 Å². The second kappa shape index (κ2) is 13.0. The van der Waals surface area contributed by atoms with E-state index in [1.807, 2.05) is 24.3 Å². The summed E-state index contributed by atoms with van der Waals surface area (Å²) in [6.45, 7) is 0. The van der Waals surface area contributed by atoms with Crippen molar-refractivity contribution in [3.8, 4) is 56.7 Å². The highest BCUT2D eigenvalue weighted by molar-refractivity contribution is 6.24. The summed E-state index contributed by atoms with van der Waals surface area (Å²) in [6.07, 6.45) is 0. The quantitative estimate of drug-likeness (QED) is 0.172. The highest BCUT2D eigenvalue weighted by atomic mass is 15.2. The summed E-state index contributed by atoms with van der Waals surface area (Å²) >= 11 is 0. The van der Waals surface area contributed by atoms with Crippen molar-refractivity contribution in [1.82, 2.24) is 24.1 Å². The number of fused-ring (bicyclic) bond motifs is 7. The average Bonchev–Trinajstić information content (AvgIpc) is 3.80. The molecule has 5 heteroatoms. The first-order chi connectivity index (χ1) is 27.8. The second-order valence-electron chi connectivity index (χ2n) is 14.1. The van der Waals surface area contributed by atoms with E-state index in [2.05, 4.69) is 185 Å². The van der Waals surface area contributed by atoms with Crippen molar-refractivity contribution in [2.75, 3.05) is 0 Å². The van der Waals surface area contributed by atoms with Crippen LogP contribution in [0.25, 0.3) is 100 Å². The minimum absolute atomic E-state index is 0.564. The lowest BCUT2D eigenvalue weighted by molar-refractivity contribution is 0.953. The largest absolute Gasteiger partial charge is 0.307 e. The molecule has 0 aliphatic carbocycles. The van der Waals surface area contributed by atoms with Gasteiger partial charge in [-0.1, -0.05) is 170 Å². The SMILES string of the molecule is c1ccc(-c2ccc(-c3nc(-c4ccccc4)nc(-n4c5ccccc5c5ccc6c7cc(-c8ccccc8)ccc7n(-c7ccccc7)c6c54)n3)cc2)cc1. The maximum Gasteiger partial charge on any atom is 0.238 e. The van der Waals surface area contributed by atoms with Gasteiger partial charge in [0.1, 0.15) is 0 Å². The molecule has 3 aromatic heterocycles. The van der Waals surface area contributed by atoms with Gasteiger partial charge >= 0.3 is 0 Å². The molecule has 56 heavy (non-hydrogen) atoms. The third-order valence-corrected chi connectivity index (χ3v) is 10.8. The predicted octanol–water partition coefficient (Wildman–Crippen LogP) is 12.7. The fraction of sp³-hybridized carbons (Fsp3) is 0. The van der Waals surface area contributed by atoms with Crippen molar-refractivity contribution >= 4 is 43.6 Å². The van der Waals surface area contributed by atoms with Gasteiger partial charge in [0.25, 0.3) is 0 Å². The zero-order chi connectivity index (χ0) is 37.0. The molecule has 0 aliphatic rings. The molecular weight excluding hydrogens is 683 g/mol. The Morgan fingerprint density at radius 2 is 0.732 bits per heavy atom. The zero-order valence-corrected chi connectivity index (χ0v) is 30.3. The normalized spacial score (nSPS) is 11.6. The van der Waals surface area contributed by atoms with E-state index in [1.165, 1.54) is 22.1 Å². The third-order valence-electron chi connectivity index (χ3n) is 10.8. The number of benzene rings is 8. The van der Waals surface area contributed by atoms with Crippen molar-refractivity contribution in [1.29, 1.82) is 0 Å². The molecule has 0 N–H and O–H groups in total. The van der Waals surface area contributed by atoms with E-state index in [-0.39, 0.29) is 0 Å². The van der Waals surface area contributed by atoms with Gasteiger partial charge in [0, 0.05) is 38.4 Å². The highest BCUT2D eigenvalue weighted by Gasteiger charge is 2.23. The van der Waals surface area contributed by atoms with Crippen LogP contribution in [0.2, 0.25) is 0 Å². The van der Waals surface area contributed by atoms with Crippen molar-refractivity contribution < 1.29 is 0 Å². The van der Waals surface area contributed by atoms with Gasteiger partial charge in [0.2, 0.25) is 5.95 Å². The summed E-state index contributed by atoms with van der Waals surface area (Å²) in [7, 11) is 0. The molecule has 0 aliphatic heterocycles. The Kier molecular flexibility index (Phi) is 7.42. The molecule has 0 spiro atoms. The molecule has 0 amide bonds. The summed E-state index contributed by atoms with van der Waals surface area (Å²) in [4.78, 5) is 15.7. The predicted molar refractivity (Wildman–Crippen MR) is 230 cm³/mol.